The zero-order chi connectivity index (χ0) is 12.0. The molecule has 6 nitrogen and oxygen atoms in total. The van der Waals surface area contributed by atoms with Gasteiger partial charge >= 0.3 is 212 Å². The first-order valence-electron chi connectivity index (χ1n) is 1.34. The fraction of sp³-hybridized carbons (Fsp3) is 0. The monoisotopic (exact) mass is 527 g/mol. The molecule has 0 atom stereocenters. The van der Waals surface area contributed by atoms with Gasteiger partial charge < -0.3 is 71.0 Å². The predicted molar refractivity (Wildman–Crippen MR) is 29.8 cm³/mol. The Morgan fingerprint density at radius 2 is 0.471 bits per heavy atom. The van der Waals surface area contributed by atoms with Gasteiger partial charge in [-0.15, -0.1) is 0 Å². The molecule has 0 amide bonds. The maximum absolute atomic E-state index is 6.25. The van der Waals surface area contributed by atoms with Crippen molar-refractivity contribution < 1.29 is 212 Å². The van der Waals surface area contributed by atoms with E-state index in [1.807, 2.05) is 0 Å². The van der Waals surface area contributed by atoms with E-state index in [9.17, 15) is 0 Å². The summed E-state index contributed by atoms with van der Waals surface area (Å²) in [6, 6.07) is 0. The smallest absolute Gasteiger partial charge is 0.512 e. The molecule has 17 heavy (non-hydrogen) atoms. The zero-order valence-corrected chi connectivity index (χ0v) is 25.8. The molecule has 0 aromatic rings. The summed E-state index contributed by atoms with van der Waals surface area (Å²) >= 11 is 0. The van der Waals surface area contributed by atoms with Crippen molar-refractivity contribution in [1.29, 1.82) is 31.6 Å². The second-order valence-corrected chi connectivity index (χ2v) is 0. The van der Waals surface area contributed by atoms with Gasteiger partial charge in [-0.2, -0.15) is 0 Å². The third-order valence-electron chi connectivity index (χ3n) is 0. The fourth-order valence-corrected chi connectivity index (χ4v) is 0. The van der Waals surface area contributed by atoms with E-state index in [0.29, 0.717) is 0 Å². The third-order valence-corrected chi connectivity index (χ3v) is 0. The van der Waals surface area contributed by atoms with Crippen LogP contribution < -0.4 is 178 Å². The van der Waals surface area contributed by atoms with Crippen LogP contribution in [0.2, 0.25) is 0 Å². The molecule has 0 aliphatic rings. The maximum atomic E-state index is 6.25. The van der Waals surface area contributed by atoms with E-state index in [1.165, 1.54) is 0 Å². The van der Waals surface area contributed by atoms with Crippen molar-refractivity contribution in [2.45, 2.75) is 0 Å². The minimum absolute atomic E-state index is 0. The van der Waals surface area contributed by atoms with Gasteiger partial charge in [-0.3, -0.25) is 0 Å². The molecule has 0 aromatic heterocycles. The molecule has 0 saturated carbocycles. The minimum atomic E-state index is 0. The summed E-state index contributed by atoms with van der Waals surface area (Å²) in [6.45, 7) is 28.5. The van der Waals surface area contributed by atoms with Crippen LogP contribution in [0.4, 0.5) is 0 Å². The molecule has 0 heterocycles. The van der Waals surface area contributed by atoms with Gasteiger partial charge in [0.05, 0.1) is 0 Å². The van der Waals surface area contributed by atoms with Crippen molar-refractivity contribution in [2.75, 3.05) is 0 Å². The predicted octanol–water partition coefficient (Wildman–Crippen LogP) is -8.41. The Bertz CT molecular complexity index is 114. The SMILES string of the molecule is [C-]#N.[C-]#N.[C-]#N.[C-]#N.[C-]#N.[C-]#N.[Cs+].[Fe+2].[K+].[Ni+2].[Rb+]. The number of hydrogen-bond donors (Lipinski definition) is 0. The van der Waals surface area contributed by atoms with Gasteiger partial charge in [0, 0.05) is 0 Å². The fourth-order valence-electron chi connectivity index (χ4n) is 0. The summed E-state index contributed by atoms with van der Waals surface area (Å²) in [5.41, 5.74) is 0. The summed E-state index contributed by atoms with van der Waals surface area (Å²) < 4.78 is 0. The first kappa shape index (κ1) is 86.6. The van der Waals surface area contributed by atoms with Crippen molar-refractivity contribution in [1.82, 2.24) is 0 Å². The van der Waals surface area contributed by atoms with Crippen molar-refractivity contribution in [3.8, 4) is 0 Å². The van der Waals surface area contributed by atoms with Crippen molar-refractivity contribution in [3.63, 3.8) is 0 Å². The molecule has 74 valence electrons. The van der Waals surface area contributed by atoms with E-state index in [-0.39, 0.29) is 212 Å². The average Bonchev–Trinajstić information content (AvgIpc) is 2.33. The topological polar surface area (TPSA) is 143 Å². The Kier molecular flexibility index (Phi) is 2840. The van der Waals surface area contributed by atoms with Gasteiger partial charge in [-0.05, 0) is 0 Å². The standard InChI is InChI=1S/6CN.Cs.Fe.K.Ni.Rb/c6*1-2;;;;;/q6*-1;+1;+2;+1;+2;+1. The minimum Gasteiger partial charge on any atom is -0.512 e. The second kappa shape index (κ2) is 557. The Morgan fingerprint density at radius 1 is 0.471 bits per heavy atom. The molecule has 0 N–H and O–H groups in total. The van der Waals surface area contributed by atoms with Crippen LogP contribution >= 0.6 is 0 Å². The Balaban J connectivity index is -0.00000000267. The van der Waals surface area contributed by atoms with Gasteiger partial charge in [-0.25, -0.2) is 0 Å². The molecule has 0 radical (unpaired) electrons. The maximum Gasteiger partial charge on any atom is 2.00 e. The van der Waals surface area contributed by atoms with Gasteiger partial charge in [0.25, 0.3) is 0 Å². The van der Waals surface area contributed by atoms with Crippen LogP contribution in [-0.2, 0) is 33.6 Å². The van der Waals surface area contributed by atoms with E-state index in [2.05, 4.69) is 0 Å². The van der Waals surface area contributed by atoms with Crippen LogP contribution in [0.15, 0.2) is 0 Å². The van der Waals surface area contributed by atoms with Crippen LogP contribution in [-0.4, -0.2) is 0 Å². The van der Waals surface area contributed by atoms with Crippen molar-refractivity contribution in [3.05, 3.63) is 39.4 Å². The van der Waals surface area contributed by atoms with Gasteiger partial charge in [-0.1, -0.05) is 0 Å². The molecular weight excluding hydrogens is 528 g/mol. The zero-order valence-electron chi connectivity index (χ0n) is 9.35. The normalized spacial score (nSPS) is 0.706. The summed E-state index contributed by atoms with van der Waals surface area (Å²) in [5, 5.41) is 37.5. The molecule has 0 rings (SSSR count). The molecule has 0 spiro atoms. The van der Waals surface area contributed by atoms with E-state index >= 15 is 0 Å². The van der Waals surface area contributed by atoms with Crippen LogP contribution in [0, 0.1) is 71.0 Å². The summed E-state index contributed by atoms with van der Waals surface area (Å²) in [6.07, 6.45) is 0. The second-order valence-electron chi connectivity index (χ2n) is 0. The molecule has 0 saturated heterocycles. The molecule has 0 fully saturated rings. The molecule has 11 heteroatoms. The van der Waals surface area contributed by atoms with Crippen LogP contribution in [0.1, 0.15) is 0 Å². The quantitative estimate of drug-likeness (QED) is 0.226. The summed E-state index contributed by atoms with van der Waals surface area (Å²) in [4.78, 5) is 0. The molecule has 0 aliphatic carbocycles. The first-order chi connectivity index (χ1) is 6.00. The van der Waals surface area contributed by atoms with Crippen LogP contribution in [0.3, 0.4) is 0 Å². The van der Waals surface area contributed by atoms with Crippen molar-refractivity contribution in [2.24, 2.45) is 0 Å². The molecule has 0 bridgehead atoms. The molecule has 0 aliphatic heterocycles. The number of rotatable bonds is 0. The Morgan fingerprint density at radius 3 is 0.471 bits per heavy atom. The molecule has 0 unspecified atom stereocenters. The summed E-state index contributed by atoms with van der Waals surface area (Å²) in [5.74, 6) is 0. The number of nitrogens with zero attached hydrogens (tertiary/aromatic N) is 6. The van der Waals surface area contributed by atoms with E-state index in [4.69, 9.17) is 71.0 Å². The van der Waals surface area contributed by atoms with E-state index < -0.39 is 0 Å². The Labute approximate surface area is 274 Å². The Hall–Kier alpha value is 3.45. The number of hydrogen-bond acceptors (Lipinski definition) is 6. The van der Waals surface area contributed by atoms with E-state index in [0.717, 1.165) is 0 Å². The first-order valence-corrected chi connectivity index (χ1v) is 1.34. The van der Waals surface area contributed by atoms with Crippen molar-refractivity contribution >= 4 is 0 Å². The van der Waals surface area contributed by atoms with Crippen LogP contribution in [0.5, 0.6) is 0 Å². The van der Waals surface area contributed by atoms with Crippen LogP contribution in [0.25, 0.3) is 0 Å². The average molecular weight is 528 g/mol. The summed E-state index contributed by atoms with van der Waals surface area (Å²) in [7, 11) is 0. The third kappa shape index (κ3) is 498. The van der Waals surface area contributed by atoms with E-state index in [1.54, 1.807) is 0 Å². The van der Waals surface area contributed by atoms with Gasteiger partial charge in [0.15, 0.2) is 0 Å². The largest absolute Gasteiger partial charge is 2.00 e. The molecule has 0 aromatic carbocycles. The van der Waals surface area contributed by atoms with Gasteiger partial charge in [0.2, 0.25) is 0 Å². The van der Waals surface area contributed by atoms with Gasteiger partial charge in [0.1, 0.15) is 0 Å². The molecular formula is C6CsFeKN6NiRb+.